The second-order valence-electron chi connectivity index (χ2n) is 5.39. The van der Waals surface area contributed by atoms with Gasteiger partial charge in [0.25, 0.3) is 0 Å². The molecule has 1 aromatic carbocycles. The molecule has 0 bridgehead atoms. The highest BCUT2D eigenvalue weighted by molar-refractivity contribution is 5.96. The van der Waals surface area contributed by atoms with E-state index in [-0.39, 0.29) is 17.3 Å². The third kappa shape index (κ3) is 3.72. The molecule has 2 rings (SSSR count). The van der Waals surface area contributed by atoms with E-state index in [9.17, 15) is 18.4 Å². The third-order valence-electron chi connectivity index (χ3n) is 3.52. The van der Waals surface area contributed by atoms with Gasteiger partial charge in [0.15, 0.2) is 11.6 Å². The Bertz CT molecular complexity index is 563. The van der Waals surface area contributed by atoms with Crippen molar-refractivity contribution in [2.24, 2.45) is 0 Å². The SMILES string of the molecule is CC(=O)NC(C)C(=O)Nc1cc(F)c(N2CCCC2)c(F)c1. The summed E-state index contributed by atoms with van der Waals surface area (Å²) in [5.74, 6) is -2.30. The van der Waals surface area contributed by atoms with Crippen molar-refractivity contribution in [3.63, 3.8) is 0 Å². The maximum absolute atomic E-state index is 14.1. The number of carbonyl (C=O) groups excluding carboxylic acids is 2. The van der Waals surface area contributed by atoms with Crippen molar-refractivity contribution in [3.8, 4) is 0 Å². The smallest absolute Gasteiger partial charge is 0.246 e. The molecule has 7 heteroatoms. The Kier molecular flexibility index (Phi) is 4.95. The molecule has 2 amide bonds. The molecular weight excluding hydrogens is 292 g/mol. The molecule has 5 nitrogen and oxygen atoms in total. The standard InChI is InChI=1S/C15H19F2N3O2/c1-9(18-10(2)21)15(22)19-11-7-12(16)14(13(17)8-11)20-5-3-4-6-20/h7-9H,3-6H2,1-2H3,(H,18,21)(H,19,22). The van der Waals surface area contributed by atoms with Crippen molar-refractivity contribution >= 4 is 23.2 Å². The van der Waals surface area contributed by atoms with Crippen LogP contribution in [0.5, 0.6) is 0 Å². The molecule has 2 N–H and O–H groups in total. The van der Waals surface area contributed by atoms with Crippen molar-refractivity contribution < 1.29 is 18.4 Å². The van der Waals surface area contributed by atoms with Gasteiger partial charge in [-0.2, -0.15) is 0 Å². The highest BCUT2D eigenvalue weighted by Gasteiger charge is 2.22. The zero-order valence-electron chi connectivity index (χ0n) is 12.6. The fourth-order valence-electron chi connectivity index (χ4n) is 2.50. The average Bonchev–Trinajstić information content (AvgIpc) is 2.90. The molecule has 0 radical (unpaired) electrons. The highest BCUT2D eigenvalue weighted by atomic mass is 19.1. The molecule has 1 aromatic rings. The summed E-state index contributed by atoms with van der Waals surface area (Å²) < 4.78 is 28.2. The van der Waals surface area contributed by atoms with E-state index in [1.807, 2.05) is 0 Å². The fourth-order valence-corrected chi connectivity index (χ4v) is 2.50. The summed E-state index contributed by atoms with van der Waals surface area (Å²) in [5.41, 5.74) is -0.0226. The van der Waals surface area contributed by atoms with Gasteiger partial charge in [-0.25, -0.2) is 8.78 Å². The van der Waals surface area contributed by atoms with Crippen LogP contribution in [0, 0.1) is 11.6 Å². The monoisotopic (exact) mass is 311 g/mol. The molecule has 1 heterocycles. The van der Waals surface area contributed by atoms with Crippen LogP contribution in [0.25, 0.3) is 0 Å². The number of anilines is 2. The summed E-state index contributed by atoms with van der Waals surface area (Å²) in [5, 5.41) is 4.80. The molecule has 1 aliphatic heterocycles. The Labute approximate surface area is 127 Å². The van der Waals surface area contributed by atoms with Crippen LogP contribution in [0.4, 0.5) is 20.2 Å². The Balaban J connectivity index is 2.13. The average molecular weight is 311 g/mol. The van der Waals surface area contributed by atoms with Gasteiger partial charge in [-0.05, 0) is 31.9 Å². The van der Waals surface area contributed by atoms with Gasteiger partial charge in [0.05, 0.1) is 0 Å². The lowest BCUT2D eigenvalue weighted by Crippen LogP contribution is -2.40. The number of rotatable bonds is 4. The normalized spacial score (nSPS) is 15.5. The first kappa shape index (κ1) is 16.2. The third-order valence-corrected chi connectivity index (χ3v) is 3.52. The Hall–Kier alpha value is -2.18. The molecular formula is C15H19F2N3O2. The molecule has 22 heavy (non-hydrogen) atoms. The summed E-state index contributed by atoms with van der Waals surface area (Å²) in [4.78, 5) is 24.4. The van der Waals surface area contributed by atoms with Crippen molar-refractivity contribution in [1.82, 2.24) is 5.32 Å². The minimum Gasteiger partial charge on any atom is -0.367 e. The molecule has 1 unspecified atom stereocenters. The topological polar surface area (TPSA) is 61.4 Å². The van der Waals surface area contributed by atoms with Crippen LogP contribution in [0.3, 0.4) is 0 Å². The molecule has 0 aliphatic carbocycles. The summed E-state index contributed by atoms with van der Waals surface area (Å²) in [6, 6.07) is 1.39. The van der Waals surface area contributed by atoms with Gasteiger partial charge in [-0.15, -0.1) is 0 Å². The van der Waals surface area contributed by atoms with E-state index >= 15 is 0 Å². The number of halogens is 2. The van der Waals surface area contributed by atoms with Crippen molar-refractivity contribution in [2.75, 3.05) is 23.3 Å². The van der Waals surface area contributed by atoms with Crippen LogP contribution in [0.15, 0.2) is 12.1 Å². The predicted molar refractivity (Wildman–Crippen MR) is 79.7 cm³/mol. The Morgan fingerprint density at radius 1 is 1.18 bits per heavy atom. The van der Waals surface area contributed by atoms with Crippen LogP contribution >= 0.6 is 0 Å². The quantitative estimate of drug-likeness (QED) is 0.894. The summed E-state index contributed by atoms with van der Waals surface area (Å²) >= 11 is 0. The maximum Gasteiger partial charge on any atom is 0.246 e. The number of nitrogens with zero attached hydrogens (tertiary/aromatic N) is 1. The Morgan fingerprint density at radius 2 is 1.73 bits per heavy atom. The molecule has 1 aliphatic rings. The predicted octanol–water partition coefficient (Wildman–Crippen LogP) is 2.03. The number of amides is 2. The van der Waals surface area contributed by atoms with Crippen molar-refractivity contribution in [1.29, 1.82) is 0 Å². The highest BCUT2D eigenvalue weighted by Crippen LogP contribution is 2.29. The van der Waals surface area contributed by atoms with E-state index in [0.29, 0.717) is 13.1 Å². The molecule has 1 saturated heterocycles. The van der Waals surface area contributed by atoms with Crippen LogP contribution in [-0.2, 0) is 9.59 Å². The lowest BCUT2D eigenvalue weighted by Gasteiger charge is -2.20. The number of nitrogens with one attached hydrogen (secondary N) is 2. The number of carbonyl (C=O) groups is 2. The molecule has 1 fully saturated rings. The summed E-state index contributed by atoms with van der Waals surface area (Å²) in [6.07, 6.45) is 1.82. The first-order valence-electron chi connectivity index (χ1n) is 7.20. The second kappa shape index (κ2) is 6.72. The van der Waals surface area contributed by atoms with Crippen LogP contribution in [-0.4, -0.2) is 30.9 Å². The van der Waals surface area contributed by atoms with E-state index in [1.54, 1.807) is 4.90 Å². The summed E-state index contributed by atoms with van der Waals surface area (Å²) in [7, 11) is 0. The van der Waals surface area contributed by atoms with Crippen molar-refractivity contribution in [3.05, 3.63) is 23.8 Å². The lowest BCUT2D eigenvalue weighted by atomic mass is 10.2. The second-order valence-corrected chi connectivity index (χ2v) is 5.39. The molecule has 0 saturated carbocycles. The minimum atomic E-state index is -0.790. The van der Waals surface area contributed by atoms with Crippen molar-refractivity contribution in [2.45, 2.75) is 32.7 Å². The number of hydrogen-bond donors (Lipinski definition) is 2. The molecule has 1 atom stereocenters. The summed E-state index contributed by atoms with van der Waals surface area (Å²) in [6.45, 7) is 4.02. The first-order valence-corrected chi connectivity index (χ1v) is 7.20. The van der Waals surface area contributed by atoms with Gasteiger partial charge in [0.1, 0.15) is 11.7 Å². The fraction of sp³-hybridized carbons (Fsp3) is 0.467. The van der Waals surface area contributed by atoms with Gasteiger partial charge < -0.3 is 15.5 Å². The van der Waals surface area contributed by atoms with Gasteiger partial charge in [0, 0.05) is 25.7 Å². The van der Waals surface area contributed by atoms with Gasteiger partial charge >= 0.3 is 0 Å². The lowest BCUT2D eigenvalue weighted by molar-refractivity contribution is -0.124. The molecule has 120 valence electrons. The zero-order valence-corrected chi connectivity index (χ0v) is 12.6. The zero-order chi connectivity index (χ0) is 16.3. The van der Waals surface area contributed by atoms with Crippen LogP contribution in [0.1, 0.15) is 26.7 Å². The number of hydrogen-bond acceptors (Lipinski definition) is 3. The maximum atomic E-state index is 14.1. The van der Waals surface area contributed by atoms with Gasteiger partial charge in [-0.3, -0.25) is 9.59 Å². The van der Waals surface area contributed by atoms with Crippen LogP contribution < -0.4 is 15.5 Å². The van der Waals surface area contributed by atoms with Crippen LogP contribution in [0.2, 0.25) is 0 Å². The first-order chi connectivity index (χ1) is 10.4. The van der Waals surface area contributed by atoms with E-state index in [0.717, 1.165) is 25.0 Å². The minimum absolute atomic E-state index is 0.0279. The van der Waals surface area contributed by atoms with E-state index < -0.39 is 23.6 Å². The van der Waals surface area contributed by atoms with Gasteiger partial charge in [0.2, 0.25) is 11.8 Å². The van der Waals surface area contributed by atoms with Gasteiger partial charge in [-0.1, -0.05) is 0 Å². The van der Waals surface area contributed by atoms with E-state index in [4.69, 9.17) is 0 Å². The largest absolute Gasteiger partial charge is 0.367 e. The molecule has 0 spiro atoms. The van der Waals surface area contributed by atoms with E-state index in [2.05, 4.69) is 10.6 Å². The van der Waals surface area contributed by atoms with E-state index in [1.165, 1.54) is 13.8 Å². The number of benzene rings is 1. The Morgan fingerprint density at radius 3 is 2.23 bits per heavy atom. The molecule has 0 aromatic heterocycles.